The molecule has 0 bridgehead atoms. The zero-order valence-corrected chi connectivity index (χ0v) is 13.8. The SMILES string of the molecule is CO[C@@H]1[C@H](OI)[C@@H](CO)O[C@H]1c1cccc2ccccc12. The largest absolute Gasteiger partial charge is 0.394 e. The molecule has 0 aliphatic carbocycles. The summed E-state index contributed by atoms with van der Waals surface area (Å²) >= 11 is 1.84. The van der Waals surface area contributed by atoms with Gasteiger partial charge in [-0.05, 0) is 16.3 Å². The van der Waals surface area contributed by atoms with Crippen molar-refractivity contribution in [3.8, 4) is 0 Å². The van der Waals surface area contributed by atoms with Crippen LogP contribution in [0.2, 0.25) is 0 Å². The molecule has 0 unspecified atom stereocenters. The molecule has 1 saturated heterocycles. The molecule has 0 spiro atoms. The van der Waals surface area contributed by atoms with Crippen molar-refractivity contribution in [3.63, 3.8) is 0 Å². The fraction of sp³-hybridized carbons (Fsp3) is 0.375. The van der Waals surface area contributed by atoms with Crippen LogP contribution >= 0.6 is 23.0 Å². The maximum Gasteiger partial charge on any atom is 0.127 e. The minimum atomic E-state index is -0.379. The predicted octanol–water partition coefficient (Wildman–Crippen LogP) is 3.02. The van der Waals surface area contributed by atoms with E-state index in [1.54, 1.807) is 7.11 Å². The van der Waals surface area contributed by atoms with Crippen LogP contribution < -0.4 is 0 Å². The van der Waals surface area contributed by atoms with Crippen LogP contribution in [-0.4, -0.2) is 37.1 Å². The molecular formula is C16H17IO4. The first-order valence-electron chi connectivity index (χ1n) is 6.84. The fourth-order valence-electron chi connectivity index (χ4n) is 2.99. The van der Waals surface area contributed by atoms with Gasteiger partial charge in [-0.15, -0.1) is 0 Å². The van der Waals surface area contributed by atoms with Gasteiger partial charge in [-0.3, -0.25) is 0 Å². The van der Waals surface area contributed by atoms with E-state index in [1.165, 1.54) is 0 Å². The Morgan fingerprint density at radius 2 is 1.90 bits per heavy atom. The first kappa shape index (κ1) is 15.2. The fourth-order valence-corrected chi connectivity index (χ4v) is 3.61. The minimum Gasteiger partial charge on any atom is -0.394 e. The van der Waals surface area contributed by atoms with Gasteiger partial charge in [-0.2, -0.15) is 0 Å². The molecule has 0 amide bonds. The lowest BCUT2D eigenvalue weighted by atomic mass is 9.96. The first-order valence-corrected chi connectivity index (χ1v) is 7.72. The number of halogens is 1. The van der Waals surface area contributed by atoms with E-state index in [0.29, 0.717) is 0 Å². The molecule has 2 aromatic carbocycles. The Kier molecular flexibility index (Phi) is 4.75. The van der Waals surface area contributed by atoms with Crippen LogP contribution in [0.15, 0.2) is 42.5 Å². The smallest absolute Gasteiger partial charge is 0.127 e. The number of hydrogen-bond acceptors (Lipinski definition) is 4. The van der Waals surface area contributed by atoms with Crippen LogP contribution in [0.3, 0.4) is 0 Å². The zero-order chi connectivity index (χ0) is 14.8. The average Bonchev–Trinajstić information content (AvgIpc) is 2.91. The quantitative estimate of drug-likeness (QED) is 0.802. The van der Waals surface area contributed by atoms with E-state index in [0.717, 1.165) is 16.3 Å². The molecule has 0 saturated carbocycles. The number of aliphatic hydroxyl groups excluding tert-OH is 1. The summed E-state index contributed by atoms with van der Waals surface area (Å²) in [6.07, 6.45) is -1.16. The number of hydrogen-bond donors (Lipinski definition) is 1. The van der Waals surface area contributed by atoms with E-state index in [-0.39, 0.29) is 31.0 Å². The predicted molar refractivity (Wildman–Crippen MR) is 88.3 cm³/mol. The Hall–Kier alpha value is -0.730. The van der Waals surface area contributed by atoms with Crippen molar-refractivity contribution in [2.45, 2.75) is 24.4 Å². The summed E-state index contributed by atoms with van der Waals surface area (Å²) in [7, 11) is 1.65. The number of ether oxygens (including phenoxy) is 2. The second kappa shape index (κ2) is 6.58. The van der Waals surface area contributed by atoms with Gasteiger partial charge in [-0.25, -0.2) is 0 Å². The lowest BCUT2D eigenvalue weighted by Gasteiger charge is -2.21. The number of rotatable bonds is 4. The summed E-state index contributed by atoms with van der Waals surface area (Å²) in [5.41, 5.74) is 1.06. The molecule has 1 aliphatic heterocycles. The summed E-state index contributed by atoms with van der Waals surface area (Å²) in [5.74, 6) is 0. The van der Waals surface area contributed by atoms with Gasteiger partial charge in [0.1, 0.15) is 47.4 Å². The number of aliphatic hydroxyl groups is 1. The highest BCUT2D eigenvalue weighted by Gasteiger charge is 2.46. The third kappa shape index (κ3) is 2.68. The van der Waals surface area contributed by atoms with Crippen molar-refractivity contribution in [1.29, 1.82) is 0 Å². The first-order chi connectivity index (χ1) is 10.3. The van der Waals surface area contributed by atoms with E-state index >= 15 is 0 Å². The molecule has 21 heavy (non-hydrogen) atoms. The molecule has 1 heterocycles. The van der Waals surface area contributed by atoms with Crippen LogP contribution in [0, 0.1) is 0 Å². The Morgan fingerprint density at radius 3 is 2.62 bits per heavy atom. The van der Waals surface area contributed by atoms with Crippen molar-refractivity contribution in [3.05, 3.63) is 48.0 Å². The normalized spacial score (nSPS) is 29.1. The monoisotopic (exact) mass is 400 g/mol. The second-order valence-corrected chi connectivity index (χ2v) is 5.61. The van der Waals surface area contributed by atoms with E-state index in [9.17, 15) is 5.11 Å². The van der Waals surface area contributed by atoms with Crippen LogP contribution in [0.25, 0.3) is 10.8 Å². The maximum absolute atomic E-state index is 9.49. The van der Waals surface area contributed by atoms with Crippen LogP contribution in [0.5, 0.6) is 0 Å². The van der Waals surface area contributed by atoms with Crippen LogP contribution in [0.1, 0.15) is 11.7 Å². The number of benzene rings is 2. The lowest BCUT2D eigenvalue weighted by Crippen LogP contribution is -2.34. The minimum absolute atomic E-state index is 0.0885. The molecule has 4 atom stereocenters. The third-order valence-corrected chi connectivity index (χ3v) is 4.58. The van der Waals surface area contributed by atoms with Crippen molar-refractivity contribution < 1.29 is 17.6 Å². The standard InChI is InChI=1S/C16H17IO4/c1-19-16-14(20-13(9-18)15(16)21-17)12-8-4-6-10-5-2-3-7-11(10)12/h2-8,13-16,18H,9H2,1H3/t13-,14+,15-,16+/m1/s1. The Morgan fingerprint density at radius 1 is 1.14 bits per heavy atom. The second-order valence-electron chi connectivity index (χ2n) is 5.10. The van der Waals surface area contributed by atoms with Crippen molar-refractivity contribution in [2.24, 2.45) is 0 Å². The summed E-state index contributed by atoms with van der Waals surface area (Å²) in [5, 5.41) is 11.8. The van der Waals surface area contributed by atoms with Gasteiger partial charge in [-0.1, -0.05) is 42.5 Å². The summed E-state index contributed by atoms with van der Waals surface area (Å²) in [6.45, 7) is -0.0885. The molecule has 0 aromatic heterocycles. The summed E-state index contributed by atoms with van der Waals surface area (Å²) < 4.78 is 17.0. The Balaban J connectivity index is 2.05. The highest BCUT2D eigenvalue weighted by Crippen LogP contribution is 2.40. The van der Waals surface area contributed by atoms with E-state index in [2.05, 4.69) is 18.2 Å². The van der Waals surface area contributed by atoms with E-state index < -0.39 is 0 Å². The highest BCUT2D eigenvalue weighted by molar-refractivity contribution is 14.1. The van der Waals surface area contributed by atoms with Crippen molar-refractivity contribution in [2.75, 3.05) is 13.7 Å². The van der Waals surface area contributed by atoms with Crippen LogP contribution in [0.4, 0.5) is 0 Å². The molecule has 1 aliphatic rings. The van der Waals surface area contributed by atoms with Gasteiger partial charge in [0.2, 0.25) is 0 Å². The summed E-state index contributed by atoms with van der Waals surface area (Å²) in [6, 6.07) is 14.3. The molecule has 3 rings (SSSR count). The van der Waals surface area contributed by atoms with Gasteiger partial charge in [0.25, 0.3) is 0 Å². The molecule has 0 radical (unpaired) electrons. The molecule has 1 fully saturated rings. The Labute approximate surface area is 137 Å². The average molecular weight is 400 g/mol. The number of fused-ring (bicyclic) bond motifs is 1. The lowest BCUT2D eigenvalue weighted by molar-refractivity contribution is -0.0206. The molecule has 5 heteroatoms. The van der Waals surface area contributed by atoms with Gasteiger partial charge in [0, 0.05) is 7.11 Å². The molecule has 2 aromatic rings. The van der Waals surface area contributed by atoms with Gasteiger partial charge < -0.3 is 17.6 Å². The zero-order valence-electron chi connectivity index (χ0n) is 11.6. The summed E-state index contributed by atoms with van der Waals surface area (Å²) in [4.78, 5) is 0. The number of methoxy groups -OCH3 is 1. The van der Waals surface area contributed by atoms with Gasteiger partial charge in [0.05, 0.1) is 6.61 Å². The third-order valence-electron chi connectivity index (χ3n) is 3.99. The topological polar surface area (TPSA) is 47.9 Å². The van der Waals surface area contributed by atoms with Gasteiger partial charge >= 0.3 is 0 Å². The molecular weight excluding hydrogens is 383 g/mol. The van der Waals surface area contributed by atoms with E-state index in [4.69, 9.17) is 12.5 Å². The highest BCUT2D eigenvalue weighted by atomic mass is 127. The van der Waals surface area contributed by atoms with Gasteiger partial charge in [0.15, 0.2) is 0 Å². The Bertz CT molecular complexity index is 613. The van der Waals surface area contributed by atoms with Crippen LogP contribution in [-0.2, 0) is 12.5 Å². The van der Waals surface area contributed by atoms with Crippen molar-refractivity contribution >= 4 is 33.8 Å². The maximum atomic E-state index is 9.49. The van der Waals surface area contributed by atoms with E-state index in [1.807, 2.05) is 47.3 Å². The molecule has 4 nitrogen and oxygen atoms in total. The molecule has 112 valence electrons. The molecule has 1 N–H and O–H groups in total. The van der Waals surface area contributed by atoms with Crippen molar-refractivity contribution in [1.82, 2.24) is 0 Å².